The van der Waals surface area contributed by atoms with Gasteiger partial charge in [-0.3, -0.25) is 4.79 Å². The highest BCUT2D eigenvalue weighted by atomic mass is 16.5. The third-order valence-corrected chi connectivity index (χ3v) is 3.65. The summed E-state index contributed by atoms with van der Waals surface area (Å²) in [5, 5.41) is 11.7. The summed E-state index contributed by atoms with van der Waals surface area (Å²) in [6.07, 6.45) is 0.999. The Morgan fingerprint density at radius 3 is 2.81 bits per heavy atom. The molecule has 0 atom stereocenters. The third kappa shape index (κ3) is 3.65. The quantitative estimate of drug-likeness (QED) is 0.380. The minimum absolute atomic E-state index is 0.0413. The van der Waals surface area contributed by atoms with E-state index in [-0.39, 0.29) is 23.8 Å². The molecule has 0 saturated carbocycles. The van der Waals surface area contributed by atoms with Gasteiger partial charge in [-0.1, -0.05) is 31.1 Å². The van der Waals surface area contributed by atoms with Crippen LogP contribution in [0.2, 0.25) is 0 Å². The molecule has 1 saturated heterocycles. The van der Waals surface area contributed by atoms with Crippen molar-refractivity contribution in [1.29, 1.82) is 0 Å². The molecule has 1 aliphatic rings. The van der Waals surface area contributed by atoms with Crippen LogP contribution in [0, 0.1) is 5.41 Å². The Morgan fingerprint density at radius 1 is 1.48 bits per heavy atom. The lowest BCUT2D eigenvalue weighted by molar-refractivity contribution is -0.132. The average molecular weight is 291 g/mol. The van der Waals surface area contributed by atoms with E-state index < -0.39 is 0 Å². The first-order valence-electron chi connectivity index (χ1n) is 6.90. The molecule has 0 unspecified atom stereocenters. The first kappa shape index (κ1) is 15.2. The van der Waals surface area contributed by atoms with E-state index in [1.165, 1.54) is 0 Å². The zero-order valence-electron chi connectivity index (χ0n) is 12.4. The summed E-state index contributed by atoms with van der Waals surface area (Å²) in [6.45, 7) is 5.75. The molecule has 1 aromatic rings. The second-order valence-corrected chi connectivity index (χ2v) is 6.00. The van der Waals surface area contributed by atoms with Gasteiger partial charge in [0.1, 0.15) is 5.75 Å². The summed E-state index contributed by atoms with van der Waals surface area (Å²) in [7, 11) is 0. The third-order valence-electron chi connectivity index (χ3n) is 3.65. The van der Waals surface area contributed by atoms with Crippen LogP contribution in [0.4, 0.5) is 0 Å². The molecule has 3 N–H and O–H groups in total. The summed E-state index contributed by atoms with van der Waals surface area (Å²) in [4.78, 5) is 14.0. The fourth-order valence-electron chi connectivity index (χ4n) is 2.41. The molecule has 21 heavy (non-hydrogen) atoms. The number of rotatable bonds is 4. The van der Waals surface area contributed by atoms with Crippen LogP contribution in [0.25, 0.3) is 0 Å². The molecule has 2 rings (SSSR count). The van der Waals surface area contributed by atoms with Crippen molar-refractivity contribution >= 4 is 11.7 Å². The van der Waals surface area contributed by atoms with Crippen LogP contribution in [0.15, 0.2) is 29.4 Å². The Hall–Kier alpha value is -2.24. The second kappa shape index (κ2) is 6.03. The number of carbonyl (C=O) groups excluding carboxylic acids is 1. The summed E-state index contributed by atoms with van der Waals surface area (Å²) >= 11 is 0. The monoisotopic (exact) mass is 291 g/mol. The highest BCUT2D eigenvalue weighted by molar-refractivity contribution is 5.99. The molecule has 1 aliphatic heterocycles. The van der Waals surface area contributed by atoms with E-state index in [4.69, 9.17) is 15.7 Å². The number of hydrogen-bond acceptors (Lipinski definition) is 4. The minimum atomic E-state index is -0.0498. The van der Waals surface area contributed by atoms with Crippen molar-refractivity contribution in [2.45, 2.75) is 20.3 Å². The SMILES string of the molecule is CC1(C)CCN(C(=O)COc2ccccc2/C(N)=N/O)C1. The van der Waals surface area contributed by atoms with Gasteiger partial charge >= 0.3 is 0 Å². The molecule has 0 aromatic heterocycles. The number of oxime groups is 1. The van der Waals surface area contributed by atoms with Gasteiger partial charge in [0.2, 0.25) is 0 Å². The number of likely N-dealkylation sites (tertiary alicyclic amines) is 1. The first-order chi connectivity index (χ1) is 9.93. The normalized spacial score (nSPS) is 17.8. The van der Waals surface area contributed by atoms with Gasteiger partial charge in [-0.25, -0.2) is 0 Å². The van der Waals surface area contributed by atoms with Gasteiger partial charge in [0.25, 0.3) is 5.91 Å². The van der Waals surface area contributed by atoms with Crippen molar-refractivity contribution < 1.29 is 14.7 Å². The molecular weight excluding hydrogens is 270 g/mol. The van der Waals surface area contributed by atoms with Gasteiger partial charge in [-0.05, 0) is 24.0 Å². The fraction of sp³-hybridized carbons (Fsp3) is 0.467. The highest BCUT2D eigenvalue weighted by Crippen LogP contribution is 2.28. The van der Waals surface area contributed by atoms with E-state index in [0.29, 0.717) is 11.3 Å². The van der Waals surface area contributed by atoms with E-state index in [9.17, 15) is 4.79 Å². The van der Waals surface area contributed by atoms with Gasteiger partial charge in [0.15, 0.2) is 12.4 Å². The van der Waals surface area contributed by atoms with Crippen molar-refractivity contribution in [3.05, 3.63) is 29.8 Å². The van der Waals surface area contributed by atoms with Crippen LogP contribution in [0.1, 0.15) is 25.8 Å². The number of hydrogen-bond donors (Lipinski definition) is 2. The standard InChI is InChI=1S/C15H21N3O3/c1-15(2)7-8-18(10-15)13(19)9-21-12-6-4-3-5-11(12)14(16)17-20/h3-6,20H,7-10H2,1-2H3,(H2,16,17). The second-order valence-electron chi connectivity index (χ2n) is 6.00. The van der Waals surface area contributed by atoms with Crippen LogP contribution in [0.3, 0.4) is 0 Å². The first-order valence-corrected chi connectivity index (χ1v) is 6.90. The summed E-state index contributed by atoms with van der Waals surface area (Å²) in [5.41, 5.74) is 6.22. The zero-order valence-corrected chi connectivity index (χ0v) is 12.4. The molecule has 0 radical (unpaired) electrons. The molecule has 114 valence electrons. The number of carbonyl (C=O) groups is 1. The lowest BCUT2D eigenvalue weighted by atomic mass is 9.93. The van der Waals surface area contributed by atoms with E-state index in [2.05, 4.69) is 19.0 Å². The number of amidine groups is 1. The van der Waals surface area contributed by atoms with Crippen molar-refractivity contribution in [3.63, 3.8) is 0 Å². The predicted octanol–water partition coefficient (Wildman–Crippen LogP) is 1.42. The molecule has 1 fully saturated rings. The molecular formula is C15H21N3O3. The summed E-state index contributed by atoms with van der Waals surface area (Å²) in [6, 6.07) is 6.89. The minimum Gasteiger partial charge on any atom is -0.483 e. The van der Waals surface area contributed by atoms with Crippen molar-refractivity contribution in [1.82, 2.24) is 4.90 Å². The average Bonchev–Trinajstić information content (AvgIpc) is 2.84. The topological polar surface area (TPSA) is 88.2 Å². The smallest absolute Gasteiger partial charge is 0.260 e. The van der Waals surface area contributed by atoms with Crippen LogP contribution in [0.5, 0.6) is 5.75 Å². The van der Waals surface area contributed by atoms with Gasteiger partial charge < -0.3 is 20.6 Å². The Balaban J connectivity index is 1.99. The number of benzene rings is 1. The van der Waals surface area contributed by atoms with E-state index >= 15 is 0 Å². The lowest BCUT2D eigenvalue weighted by Crippen LogP contribution is -2.34. The Labute approximate surface area is 124 Å². The summed E-state index contributed by atoms with van der Waals surface area (Å²) in [5.74, 6) is 0.342. The number of ether oxygens (including phenoxy) is 1. The Kier molecular flexibility index (Phi) is 4.35. The Morgan fingerprint density at radius 2 is 2.19 bits per heavy atom. The van der Waals surface area contributed by atoms with Crippen LogP contribution < -0.4 is 10.5 Å². The van der Waals surface area contributed by atoms with E-state index in [1.807, 2.05) is 4.90 Å². The number of para-hydroxylation sites is 1. The van der Waals surface area contributed by atoms with Gasteiger partial charge in [-0.2, -0.15) is 0 Å². The highest BCUT2D eigenvalue weighted by Gasteiger charge is 2.32. The maximum atomic E-state index is 12.1. The maximum Gasteiger partial charge on any atom is 0.260 e. The predicted molar refractivity (Wildman–Crippen MR) is 79.4 cm³/mol. The number of amides is 1. The van der Waals surface area contributed by atoms with Crippen LogP contribution >= 0.6 is 0 Å². The molecule has 6 nitrogen and oxygen atoms in total. The fourth-order valence-corrected chi connectivity index (χ4v) is 2.41. The molecule has 1 amide bonds. The Bertz CT molecular complexity index is 555. The van der Waals surface area contributed by atoms with Gasteiger partial charge in [-0.15, -0.1) is 0 Å². The largest absolute Gasteiger partial charge is 0.483 e. The van der Waals surface area contributed by atoms with Crippen molar-refractivity contribution in [3.8, 4) is 5.75 Å². The maximum absolute atomic E-state index is 12.1. The molecule has 0 spiro atoms. The lowest BCUT2D eigenvalue weighted by Gasteiger charge is -2.20. The number of nitrogens with zero attached hydrogens (tertiary/aromatic N) is 2. The van der Waals surface area contributed by atoms with Gasteiger partial charge in [0, 0.05) is 13.1 Å². The molecule has 6 heteroatoms. The van der Waals surface area contributed by atoms with E-state index in [0.717, 1.165) is 19.5 Å². The summed E-state index contributed by atoms with van der Waals surface area (Å²) < 4.78 is 5.54. The van der Waals surface area contributed by atoms with Crippen LogP contribution in [-0.2, 0) is 4.79 Å². The van der Waals surface area contributed by atoms with E-state index in [1.54, 1.807) is 24.3 Å². The van der Waals surface area contributed by atoms with Crippen molar-refractivity contribution in [2.24, 2.45) is 16.3 Å². The molecule has 0 aliphatic carbocycles. The molecule has 0 bridgehead atoms. The zero-order chi connectivity index (χ0) is 15.5. The molecule has 1 heterocycles. The van der Waals surface area contributed by atoms with Gasteiger partial charge in [0.05, 0.1) is 5.56 Å². The van der Waals surface area contributed by atoms with Crippen molar-refractivity contribution in [2.75, 3.05) is 19.7 Å². The van der Waals surface area contributed by atoms with Crippen LogP contribution in [-0.4, -0.2) is 41.5 Å². The number of nitrogens with two attached hydrogens (primary N) is 1. The molecule has 1 aromatic carbocycles.